The number of carbonyl (C=O) groups excluding carboxylic acids is 1. The van der Waals surface area contributed by atoms with Gasteiger partial charge in [-0.1, -0.05) is 5.59 Å². The lowest BCUT2D eigenvalue weighted by atomic mass is 10.3. The lowest BCUT2D eigenvalue weighted by Crippen LogP contribution is -2.29. The van der Waals surface area contributed by atoms with E-state index in [0.29, 0.717) is 5.69 Å². The van der Waals surface area contributed by atoms with Crippen LogP contribution in [0.4, 0.5) is 10.1 Å². The molecule has 1 aliphatic rings. The molecule has 1 aromatic carbocycles. The number of rotatable bonds is 1. The topological polar surface area (TPSA) is 41.6 Å². The van der Waals surface area contributed by atoms with Crippen molar-refractivity contribution in [2.45, 2.75) is 0 Å². The molecule has 0 aromatic heterocycles. The van der Waals surface area contributed by atoms with Crippen LogP contribution in [0.1, 0.15) is 0 Å². The molecule has 0 atom stereocenters. The molecule has 1 fully saturated rings. The van der Waals surface area contributed by atoms with Crippen molar-refractivity contribution in [3.63, 3.8) is 0 Å². The number of benzene rings is 1. The molecule has 1 N–H and O–H groups in total. The number of anilines is 1. The molecule has 1 saturated heterocycles. The van der Waals surface area contributed by atoms with Gasteiger partial charge in [0, 0.05) is 0 Å². The minimum Gasteiger partial charge on any atom is -0.349 e. The fourth-order valence-corrected chi connectivity index (χ4v) is 1.06. The maximum Gasteiger partial charge on any atom is 0.347 e. The van der Waals surface area contributed by atoms with Crippen molar-refractivity contribution in [3.8, 4) is 0 Å². The highest BCUT2D eigenvalue weighted by atomic mass is 19.1. The Kier molecular flexibility index (Phi) is 1.86. The van der Waals surface area contributed by atoms with Crippen molar-refractivity contribution in [2.24, 2.45) is 0 Å². The lowest BCUT2D eigenvalue weighted by molar-refractivity contribution is -0.141. The summed E-state index contributed by atoms with van der Waals surface area (Å²) in [4.78, 5) is 15.2. The summed E-state index contributed by atoms with van der Waals surface area (Å²) < 4.78 is 12.5. The quantitative estimate of drug-likeness (QED) is 0.690. The van der Waals surface area contributed by atoms with Crippen LogP contribution in [0.3, 0.4) is 0 Å². The minimum atomic E-state index is -0.357. The van der Waals surface area contributed by atoms with Gasteiger partial charge in [-0.25, -0.2) is 9.18 Å². The van der Waals surface area contributed by atoms with Crippen LogP contribution in [0, 0.1) is 5.82 Å². The molecule has 68 valence electrons. The first-order valence-electron chi connectivity index (χ1n) is 3.74. The van der Waals surface area contributed by atoms with Gasteiger partial charge >= 0.3 is 5.97 Å². The summed E-state index contributed by atoms with van der Waals surface area (Å²) in [5.74, 6) is -0.667. The smallest absolute Gasteiger partial charge is 0.347 e. The van der Waals surface area contributed by atoms with Crippen LogP contribution in [-0.2, 0) is 9.63 Å². The van der Waals surface area contributed by atoms with E-state index in [1.807, 2.05) is 0 Å². The molecule has 0 spiro atoms. The summed E-state index contributed by atoms with van der Waals surface area (Å²) in [6.45, 7) is 0.131. The van der Waals surface area contributed by atoms with E-state index >= 15 is 0 Å². The number of hydrogen-bond donors (Lipinski definition) is 1. The average molecular weight is 182 g/mol. The number of nitrogens with one attached hydrogen (secondary N) is 1. The molecule has 0 aliphatic carbocycles. The Morgan fingerprint density at radius 2 is 2.08 bits per heavy atom. The SMILES string of the molecule is O=C1CN(c2ccc(F)cc2)NO1. The summed E-state index contributed by atoms with van der Waals surface area (Å²) in [5, 5.41) is 1.49. The molecule has 0 amide bonds. The third kappa shape index (κ3) is 1.59. The maximum absolute atomic E-state index is 12.5. The summed E-state index contributed by atoms with van der Waals surface area (Å²) in [6, 6.07) is 5.76. The zero-order valence-corrected chi connectivity index (χ0v) is 6.66. The number of nitrogens with zero attached hydrogens (tertiary/aromatic N) is 1. The van der Waals surface area contributed by atoms with E-state index in [1.54, 1.807) is 12.1 Å². The van der Waals surface area contributed by atoms with Crippen molar-refractivity contribution in [1.29, 1.82) is 0 Å². The largest absolute Gasteiger partial charge is 0.349 e. The highest BCUT2D eigenvalue weighted by Crippen LogP contribution is 2.14. The summed E-state index contributed by atoms with van der Waals surface area (Å²) in [7, 11) is 0. The van der Waals surface area contributed by atoms with Crippen LogP contribution in [-0.4, -0.2) is 12.5 Å². The monoisotopic (exact) mass is 182 g/mol. The van der Waals surface area contributed by atoms with Gasteiger partial charge < -0.3 is 4.84 Å². The van der Waals surface area contributed by atoms with E-state index in [2.05, 4.69) is 10.4 Å². The van der Waals surface area contributed by atoms with E-state index in [0.717, 1.165) is 0 Å². The van der Waals surface area contributed by atoms with Crippen LogP contribution in [0.15, 0.2) is 24.3 Å². The van der Waals surface area contributed by atoms with Gasteiger partial charge in [0.2, 0.25) is 0 Å². The molecule has 0 saturated carbocycles. The Morgan fingerprint density at radius 1 is 1.38 bits per heavy atom. The standard InChI is InChI=1S/C8H7FN2O2/c9-6-1-3-7(4-2-6)11-5-8(12)13-10-11/h1-4,10H,5H2. The first kappa shape index (κ1) is 8.00. The molecule has 2 rings (SSSR count). The zero-order chi connectivity index (χ0) is 9.26. The molecule has 1 aliphatic heterocycles. The van der Waals surface area contributed by atoms with Gasteiger partial charge in [-0.05, 0) is 24.3 Å². The van der Waals surface area contributed by atoms with Crippen molar-refractivity contribution in [2.75, 3.05) is 11.6 Å². The van der Waals surface area contributed by atoms with Gasteiger partial charge in [-0.3, -0.25) is 5.01 Å². The Bertz CT molecular complexity index is 325. The Balaban J connectivity index is 2.17. The van der Waals surface area contributed by atoms with Gasteiger partial charge in [-0.15, -0.1) is 0 Å². The molecule has 13 heavy (non-hydrogen) atoms. The highest BCUT2D eigenvalue weighted by molar-refractivity contribution is 5.77. The van der Waals surface area contributed by atoms with Crippen molar-refractivity contribution in [3.05, 3.63) is 30.1 Å². The Labute approximate surface area is 73.8 Å². The van der Waals surface area contributed by atoms with Crippen molar-refractivity contribution >= 4 is 11.7 Å². The molecule has 0 unspecified atom stereocenters. The highest BCUT2D eigenvalue weighted by Gasteiger charge is 2.20. The fraction of sp³-hybridized carbons (Fsp3) is 0.125. The number of halogens is 1. The van der Waals surface area contributed by atoms with Gasteiger partial charge in [0.05, 0.1) is 5.69 Å². The summed E-state index contributed by atoms with van der Waals surface area (Å²) in [5.41, 5.74) is 3.09. The van der Waals surface area contributed by atoms with Crippen molar-refractivity contribution < 1.29 is 14.0 Å². The van der Waals surface area contributed by atoms with Crippen LogP contribution in [0.5, 0.6) is 0 Å². The molecular weight excluding hydrogens is 175 g/mol. The molecule has 4 nitrogen and oxygen atoms in total. The first-order valence-corrected chi connectivity index (χ1v) is 3.74. The molecule has 1 aromatic rings. The molecule has 0 bridgehead atoms. The lowest BCUT2D eigenvalue weighted by Gasteiger charge is -2.12. The van der Waals surface area contributed by atoms with E-state index in [1.165, 1.54) is 17.1 Å². The predicted octanol–water partition coefficient (Wildman–Crippen LogP) is 0.609. The number of hydrogen-bond acceptors (Lipinski definition) is 4. The fourth-order valence-electron chi connectivity index (χ4n) is 1.06. The Morgan fingerprint density at radius 3 is 2.62 bits per heavy atom. The minimum absolute atomic E-state index is 0.131. The van der Waals surface area contributed by atoms with E-state index < -0.39 is 0 Å². The van der Waals surface area contributed by atoms with E-state index in [9.17, 15) is 9.18 Å². The third-order valence-electron chi connectivity index (χ3n) is 1.70. The maximum atomic E-state index is 12.5. The Hall–Kier alpha value is -1.62. The number of carbonyl (C=O) groups is 1. The zero-order valence-electron chi connectivity index (χ0n) is 6.66. The molecule has 1 heterocycles. The van der Waals surface area contributed by atoms with Crippen LogP contribution in [0.25, 0.3) is 0 Å². The van der Waals surface area contributed by atoms with Gasteiger partial charge in [0.25, 0.3) is 0 Å². The molecule has 5 heteroatoms. The molecular formula is C8H7FN2O2. The number of hydrazine groups is 1. The third-order valence-corrected chi connectivity index (χ3v) is 1.70. The van der Waals surface area contributed by atoms with Gasteiger partial charge in [0.15, 0.2) is 0 Å². The molecule has 0 radical (unpaired) electrons. The normalized spacial score (nSPS) is 16.1. The second kappa shape index (κ2) is 3.02. The van der Waals surface area contributed by atoms with E-state index in [-0.39, 0.29) is 18.3 Å². The van der Waals surface area contributed by atoms with Crippen LogP contribution in [0.2, 0.25) is 0 Å². The van der Waals surface area contributed by atoms with Crippen molar-refractivity contribution in [1.82, 2.24) is 5.59 Å². The second-order valence-electron chi connectivity index (χ2n) is 2.63. The van der Waals surface area contributed by atoms with Crippen LogP contribution >= 0.6 is 0 Å². The van der Waals surface area contributed by atoms with E-state index in [4.69, 9.17) is 0 Å². The average Bonchev–Trinajstić information content (AvgIpc) is 2.53. The van der Waals surface area contributed by atoms with Gasteiger partial charge in [-0.2, -0.15) is 0 Å². The summed E-state index contributed by atoms with van der Waals surface area (Å²) >= 11 is 0. The predicted molar refractivity (Wildman–Crippen MR) is 43.0 cm³/mol. The second-order valence-corrected chi connectivity index (χ2v) is 2.63. The summed E-state index contributed by atoms with van der Waals surface area (Å²) in [6.07, 6.45) is 0. The van der Waals surface area contributed by atoms with Gasteiger partial charge in [0.1, 0.15) is 12.4 Å². The van der Waals surface area contributed by atoms with Crippen LogP contribution < -0.4 is 10.6 Å². The first-order chi connectivity index (χ1) is 6.25.